The summed E-state index contributed by atoms with van der Waals surface area (Å²) < 4.78 is 5.53. The highest BCUT2D eigenvalue weighted by Crippen LogP contribution is 2.29. The van der Waals surface area contributed by atoms with Gasteiger partial charge < -0.3 is 15.4 Å². The first-order chi connectivity index (χ1) is 9.72. The maximum Gasteiger partial charge on any atom is 0.226 e. The molecule has 0 saturated carbocycles. The van der Waals surface area contributed by atoms with Gasteiger partial charge in [0.1, 0.15) is 5.75 Å². The van der Waals surface area contributed by atoms with Crippen LogP contribution in [0.15, 0.2) is 30.3 Å². The first-order valence-corrected chi connectivity index (χ1v) is 7.23. The molecule has 1 aromatic carbocycles. The lowest BCUT2D eigenvalue weighted by molar-refractivity contribution is -0.132. The van der Waals surface area contributed by atoms with Crippen LogP contribution in [-0.2, 0) is 17.9 Å². The summed E-state index contributed by atoms with van der Waals surface area (Å²) in [5.41, 5.74) is 6.57. The molecular formula is C14H15N3O2S. The second-order valence-corrected chi connectivity index (χ2v) is 5.70. The zero-order valence-electron chi connectivity index (χ0n) is 10.9. The number of carbonyl (C=O) groups excluding carboxylic acids is 1. The molecule has 0 atom stereocenters. The molecule has 6 heteroatoms. The molecule has 1 aromatic heterocycles. The van der Waals surface area contributed by atoms with E-state index in [9.17, 15) is 4.79 Å². The van der Waals surface area contributed by atoms with Crippen molar-refractivity contribution in [2.75, 3.05) is 12.3 Å². The van der Waals surface area contributed by atoms with E-state index in [1.54, 1.807) is 4.90 Å². The Morgan fingerprint density at radius 1 is 1.35 bits per heavy atom. The standard InChI is InChI=1S/C14H15N3O2S/c15-14-16-11-8-17(9-12(11)20-14)13(18)6-7-19-10-4-2-1-3-5-10/h1-5H,6-9H2,(H2,15,16). The average Bonchev–Trinajstić information content (AvgIpc) is 2.97. The van der Waals surface area contributed by atoms with Crippen LogP contribution in [0.2, 0.25) is 0 Å². The number of anilines is 1. The number of ether oxygens (including phenoxy) is 1. The summed E-state index contributed by atoms with van der Waals surface area (Å²) in [6.45, 7) is 1.57. The number of aromatic nitrogens is 1. The number of para-hydroxylation sites is 1. The Balaban J connectivity index is 1.48. The van der Waals surface area contributed by atoms with Gasteiger partial charge in [0, 0.05) is 0 Å². The molecular weight excluding hydrogens is 274 g/mol. The van der Waals surface area contributed by atoms with Gasteiger partial charge in [-0.25, -0.2) is 4.98 Å². The summed E-state index contributed by atoms with van der Waals surface area (Å²) in [7, 11) is 0. The molecule has 0 aliphatic carbocycles. The predicted octanol–water partition coefficient (Wildman–Crippen LogP) is 2.04. The average molecular weight is 289 g/mol. The monoisotopic (exact) mass is 289 g/mol. The summed E-state index contributed by atoms with van der Waals surface area (Å²) in [4.78, 5) is 19.2. The van der Waals surface area contributed by atoms with Crippen molar-refractivity contribution in [3.8, 4) is 5.75 Å². The van der Waals surface area contributed by atoms with E-state index in [1.165, 1.54) is 11.3 Å². The Kier molecular flexibility index (Phi) is 3.56. The van der Waals surface area contributed by atoms with Crippen molar-refractivity contribution >= 4 is 22.4 Å². The van der Waals surface area contributed by atoms with Crippen molar-refractivity contribution in [2.45, 2.75) is 19.5 Å². The molecule has 0 spiro atoms. The number of carbonyl (C=O) groups is 1. The Bertz CT molecular complexity index is 589. The lowest BCUT2D eigenvalue weighted by atomic mass is 10.3. The first-order valence-electron chi connectivity index (χ1n) is 6.42. The molecule has 0 saturated heterocycles. The molecule has 104 valence electrons. The lowest BCUT2D eigenvalue weighted by Crippen LogP contribution is -2.26. The highest BCUT2D eigenvalue weighted by molar-refractivity contribution is 7.15. The van der Waals surface area contributed by atoms with Gasteiger partial charge in [0.25, 0.3) is 0 Å². The summed E-state index contributed by atoms with van der Waals surface area (Å²) in [5.74, 6) is 0.875. The van der Waals surface area contributed by atoms with Crippen LogP contribution in [0.3, 0.4) is 0 Å². The van der Waals surface area contributed by atoms with Gasteiger partial charge in [-0.1, -0.05) is 18.2 Å². The number of hydrogen-bond acceptors (Lipinski definition) is 5. The maximum absolute atomic E-state index is 12.1. The number of hydrogen-bond donors (Lipinski definition) is 1. The molecule has 0 bridgehead atoms. The highest BCUT2D eigenvalue weighted by atomic mass is 32.1. The fourth-order valence-electron chi connectivity index (χ4n) is 2.17. The Morgan fingerprint density at radius 2 is 2.15 bits per heavy atom. The molecule has 3 rings (SSSR count). The Hall–Kier alpha value is -2.08. The third-order valence-corrected chi connectivity index (χ3v) is 4.06. The summed E-state index contributed by atoms with van der Waals surface area (Å²) in [5, 5.41) is 0.578. The van der Waals surface area contributed by atoms with Crippen molar-refractivity contribution in [3.63, 3.8) is 0 Å². The number of rotatable bonds is 4. The van der Waals surface area contributed by atoms with Crippen LogP contribution in [0.1, 0.15) is 17.0 Å². The zero-order chi connectivity index (χ0) is 13.9. The summed E-state index contributed by atoms with van der Waals surface area (Å²) in [6, 6.07) is 9.51. The van der Waals surface area contributed by atoms with Crippen molar-refractivity contribution in [2.24, 2.45) is 0 Å². The smallest absolute Gasteiger partial charge is 0.226 e. The van der Waals surface area contributed by atoms with Gasteiger partial charge >= 0.3 is 0 Å². The number of nitrogens with two attached hydrogens (primary N) is 1. The van der Waals surface area contributed by atoms with E-state index in [4.69, 9.17) is 10.5 Å². The van der Waals surface area contributed by atoms with E-state index in [2.05, 4.69) is 4.98 Å². The molecule has 5 nitrogen and oxygen atoms in total. The van der Waals surface area contributed by atoms with E-state index in [0.717, 1.165) is 16.3 Å². The molecule has 1 aliphatic heterocycles. The van der Waals surface area contributed by atoms with Crippen molar-refractivity contribution in [1.82, 2.24) is 9.88 Å². The van der Waals surface area contributed by atoms with Crippen LogP contribution in [0.25, 0.3) is 0 Å². The van der Waals surface area contributed by atoms with Crippen LogP contribution in [0, 0.1) is 0 Å². The van der Waals surface area contributed by atoms with Crippen LogP contribution in [0.4, 0.5) is 5.13 Å². The second-order valence-electron chi connectivity index (χ2n) is 4.58. The van der Waals surface area contributed by atoms with Gasteiger partial charge in [0.05, 0.1) is 36.7 Å². The molecule has 1 amide bonds. The number of thiazole rings is 1. The lowest BCUT2D eigenvalue weighted by Gasteiger charge is -2.15. The minimum atomic E-state index is 0.0877. The molecule has 2 aromatic rings. The van der Waals surface area contributed by atoms with E-state index in [-0.39, 0.29) is 5.91 Å². The van der Waals surface area contributed by atoms with Gasteiger partial charge in [-0.2, -0.15) is 0 Å². The minimum absolute atomic E-state index is 0.0877. The molecule has 0 radical (unpaired) electrons. The van der Waals surface area contributed by atoms with Crippen molar-refractivity contribution < 1.29 is 9.53 Å². The molecule has 2 heterocycles. The molecule has 0 fully saturated rings. The van der Waals surface area contributed by atoms with Crippen LogP contribution in [-0.4, -0.2) is 22.4 Å². The maximum atomic E-state index is 12.1. The fourth-order valence-corrected chi connectivity index (χ4v) is 3.02. The van der Waals surface area contributed by atoms with Crippen molar-refractivity contribution in [3.05, 3.63) is 40.9 Å². The highest BCUT2D eigenvalue weighted by Gasteiger charge is 2.26. The van der Waals surface area contributed by atoms with E-state index < -0.39 is 0 Å². The molecule has 0 unspecified atom stereocenters. The summed E-state index contributed by atoms with van der Waals surface area (Å²) >= 11 is 1.46. The minimum Gasteiger partial charge on any atom is -0.493 e. The SMILES string of the molecule is Nc1nc2c(s1)CN(C(=O)CCOc1ccccc1)C2. The fraction of sp³-hybridized carbons (Fsp3) is 0.286. The van der Waals surface area contributed by atoms with Gasteiger partial charge in [0.2, 0.25) is 5.91 Å². The molecule has 2 N–H and O–H groups in total. The molecule has 20 heavy (non-hydrogen) atoms. The van der Waals surface area contributed by atoms with Crippen molar-refractivity contribution in [1.29, 1.82) is 0 Å². The third-order valence-electron chi connectivity index (χ3n) is 3.15. The van der Waals surface area contributed by atoms with E-state index >= 15 is 0 Å². The zero-order valence-corrected chi connectivity index (χ0v) is 11.7. The number of benzene rings is 1. The summed E-state index contributed by atoms with van der Waals surface area (Å²) in [6.07, 6.45) is 0.374. The number of nitrogens with zero attached hydrogens (tertiary/aromatic N) is 2. The quantitative estimate of drug-likeness (QED) is 0.935. The Labute approximate surface area is 121 Å². The van der Waals surface area contributed by atoms with E-state index in [0.29, 0.717) is 31.2 Å². The normalized spacial score (nSPS) is 13.3. The van der Waals surface area contributed by atoms with Gasteiger partial charge in [-0.3, -0.25) is 4.79 Å². The number of nitrogen functional groups attached to an aromatic ring is 1. The number of amides is 1. The van der Waals surface area contributed by atoms with Gasteiger partial charge in [-0.05, 0) is 12.1 Å². The van der Waals surface area contributed by atoms with Crippen LogP contribution >= 0.6 is 11.3 Å². The first kappa shape index (κ1) is 12.9. The van der Waals surface area contributed by atoms with Crippen LogP contribution < -0.4 is 10.5 Å². The van der Waals surface area contributed by atoms with Gasteiger partial charge in [0.15, 0.2) is 5.13 Å². The molecule has 1 aliphatic rings. The third kappa shape index (κ3) is 2.75. The van der Waals surface area contributed by atoms with Crippen LogP contribution in [0.5, 0.6) is 5.75 Å². The second kappa shape index (κ2) is 5.50. The van der Waals surface area contributed by atoms with E-state index in [1.807, 2.05) is 30.3 Å². The largest absolute Gasteiger partial charge is 0.493 e. The predicted molar refractivity (Wildman–Crippen MR) is 77.3 cm³/mol. The topological polar surface area (TPSA) is 68.5 Å². The van der Waals surface area contributed by atoms with Gasteiger partial charge in [-0.15, -0.1) is 11.3 Å². The Morgan fingerprint density at radius 3 is 2.90 bits per heavy atom. The number of fused-ring (bicyclic) bond motifs is 1.